The first-order valence-electron chi connectivity index (χ1n) is 4.24. The van der Waals surface area contributed by atoms with Gasteiger partial charge in [0, 0.05) is 10.7 Å². The van der Waals surface area contributed by atoms with Gasteiger partial charge in [-0.15, -0.1) is 11.6 Å². The lowest BCUT2D eigenvalue weighted by Gasteiger charge is -2.09. The number of alkyl halides is 2. The first-order chi connectivity index (χ1) is 6.11. The van der Waals surface area contributed by atoms with Crippen LogP contribution in [0.3, 0.4) is 0 Å². The quantitative estimate of drug-likeness (QED) is 0.491. The Morgan fingerprint density at radius 1 is 1.46 bits per heavy atom. The largest absolute Gasteiger partial charge is 0.125 e. The van der Waals surface area contributed by atoms with Crippen LogP contribution in [-0.4, -0.2) is 10.7 Å². The molecule has 13 heavy (non-hydrogen) atoms. The normalized spacial score (nSPS) is 14.1. The van der Waals surface area contributed by atoms with Crippen molar-refractivity contribution in [2.75, 3.05) is 5.88 Å². The molecule has 0 aliphatic heterocycles. The number of halogens is 3. The van der Waals surface area contributed by atoms with E-state index >= 15 is 0 Å². The van der Waals surface area contributed by atoms with E-state index in [9.17, 15) is 0 Å². The lowest BCUT2D eigenvalue weighted by Crippen LogP contribution is -2.03. The molecule has 0 fully saturated rings. The van der Waals surface area contributed by atoms with Gasteiger partial charge in [0.25, 0.3) is 0 Å². The maximum Gasteiger partial charge on any atom is 0.0498 e. The number of hydrogen-bond donors (Lipinski definition) is 0. The van der Waals surface area contributed by atoms with Crippen molar-refractivity contribution in [1.29, 1.82) is 0 Å². The molecule has 0 bridgehead atoms. The standard InChI is InChI=1S/C10H15Br2Cl/c1-8(2)4-3-5-9(6-11)10(12)7-13/h4,6,10H,3,5,7H2,1-2H3/b9-6+/t10-/m1/s1. The summed E-state index contributed by atoms with van der Waals surface area (Å²) in [5, 5.41) is 0. The van der Waals surface area contributed by atoms with Gasteiger partial charge in [0.05, 0.1) is 0 Å². The fraction of sp³-hybridized carbons (Fsp3) is 0.600. The van der Waals surface area contributed by atoms with Crippen molar-refractivity contribution in [2.24, 2.45) is 0 Å². The predicted octanol–water partition coefficient (Wildman–Crippen LogP) is 5.01. The van der Waals surface area contributed by atoms with Gasteiger partial charge in [-0.3, -0.25) is 0 Å². The highest BCUT2D eigenvalue weighted by Crippen LogP contribution is 2.21. The molecule has 0 rings (SSSR count). The van der Waals surface area contributed by atoms with Gasteiger partial charge < -0.3 is 0 Å². The molecule has 0 unspecified atom stereocenters. The summed E-state index contributed by atoms with van der Waals surface area (Å²) in [7, 11) is 0. The summed E-state index contributed by atoms with van der Waals surface area (Å²) in [5.41, 5.74) is 2.68. The molecule has 0 radical (unpaired) electrons. The highest BCUT2D eigenvalue weighted by atomic mass is 79.9. The Bertz CT molecular complexity index is 193. The van der Waals surface area contributed by atoms with Crippen molar-refractivity contribution in [3.63, 3.8) is 0 Å². The summed E-state index contributed by atoms with van der Waals surface area (Å²) in [5.74, 6) is 0.617. The number of hydrogen-bond acceptors (Lipinski definition) is 0. The van der Waals surface area contributed by atoms with E-state index in [1.807, 2.05) is 4.99 Å². The summed E-state index contributed by atoms with van der Waals surface area (Å²) < 4.78 is 0. The molecular weight excluding hydrogens is 315 g/mol. The van der Waals surface area contributed by atoms with Crippen molar-refractivity contribution in [2.45, 2.75) is 31.5 Å². The summed E-state index contributed by atoms with van der Waals surface area (Å²) in [4.78, 5) is 2.26. The molecule has 0 saturated heterocycles. The van der Waals surface area contributed by atoms with E-state index in [2.05, 4.69) is 51.8 Å². The second-order valence-corrected chi connectivity index (χ2v) is 5.00. The van der Waals surface area contributed by atoms with Crippen LogP contribution in [0.5, 0.6) is 0 Å². The minimum absolute atomic E-state index is 0.291. The third-order valence-electron chi connectivity index (χ3n) is 1.66. The van der Waals surface area contributed by atoms with E-state index in [-0.39, 0.29) is 0 Å². The summed E-state index contributed by atoms with van der Waals surface area (Å²) in [6, 6.07) is 0. The third kappa shape index (κ3) is 6.75. The Morgan fingerprint density at radius 3 is 2.46 bits per heavy atom. The Hall–Kier alpha value is 0.730. The maximum absolute atomic E-state index is 5.74. The fourth-order valence-corrected chi connectivity index (χ4v) is 2.37. The average Bonchev–Trinajstić information content (AvgIpc) is 2.11. The van der Waals surface area contributed by atoms with Crippen LogP contribution in [0.2, 0.25) is 0 Å². The van der Waals surface area contributed by atoms with Gasteiger partial charge in [0.2, 0.25) is 0 Å². The highest BCUT2D eigenvalue weighted by molar-refractivity contribution is 9.11. The van der Waals surface area contributed by atoms with Crippen LogP contribution in [0, 0.1) is 0 Å². The minimum atomic E-state index is 0.291. The van der Waals surface area contributed by atoms with Crippen molar-refractivity contribution < 1.29 is 0 Å². The first-order valence-corrected chi connectivity index (χ1v) is 6.61. The number of allylic oxidation sites excluding steroid dienone is 3. The second-order valence-electron chi connectivity index (χ2n) is 3.13. The van der Waals surface area contributed by atoms with Gasteiger partial charge in [-0.25, -0.2) is 0 Å². The third-order valence-corrected chi connectivity index (χ3v) is 3.84. The van der Waals surface area contributed by atoms with Crippen molar-refractivity contribution in [1.82, 2.24) is 0 Å². The lowest BCUT2D eigenvalue weighted by molar-refractivity contribution is 0.925. The zero-order valence-electron chi connectivity index (χ0n) is 7.99. The molecule has 0 heterocycles. The van der Waals surface area contributed by atoms with E-state index in [1.165, 1.54) is 11.1 Å². The van der Waals surface area contributed by atoms with E-state index in [0.717, 1.165) is 12.8 Å². The number of rotatable bonds is 5. The van der Waals surface area contributed by atoms with Crippen molar-refractivity contribution >= 4 is 43.5 Å². The maximum atomic E-state index is 5.74. The Kier molecular flexibility index (Phi) is 8.53. The van der Waals surface area contributed by atoms with Gasteiger partial charge >= 0.3 is 0 Å². The molecule has 0 spiro atoms. The molecule has 0 amide bonds. The van der Waals surface area contributed by atoms with Gasteiger partial charge in [-0.2, -0.15) is 0 Å². The van der Waals surface area contributed by atoms with Gasteiger partial charge in [-0.1, -0.05) is 43.5 Å². The van der Waals surface area contributed by atoms with E-state index < -0.39 is 0 Å². The smallest absolute Gasteiger partial charge is 0.0498 e. The molecule has 0 aromatic heterocycles. The predicted molar refractivity (Wildman–Crippen MR) is 69.1 cm³/mol. The topological polar surface area (TPSA) is 0 Å². The first kappa shape index (κ1) is 13.7. The highest BCUT2D eigenvalue weighted by Gasteiger charge is 2.07. The average molecular weight is 330 g/mol. The molecule has 0 aliphatic carbocycles. The molecule has 0 aliphatic rings. The molecule has 1 atom stereocenters. The van der Waals surface area contributed by atoms with E-state index in [1.54, 1.807) is 0 Å². The van der Waals surface area contributed by atoms with Crippen LogP contribution < -0.4 is 0 Å². The van der Waals surface area contributed by atoms with Crippen LogP contribution in [0.1, 0.15) is 26.7 Å². The Morgan fingerprint density at radius 2 is 2.08 bits per heavy atom. The lowest BCUT2D eigenvalue weighted by atomic mass is 10.1. The van der Waals surface area contributed by atoms with Crippen molar-refractivity contribution in [3.05, 3.63) is 22.2 Å². The molecule has 0 aromatic rings. The van der Waals surface area contributed by atoms with Crippen LogP contribution in [0.15, 0.2) is 22.2 Å². The summed E-state index contributed by atoms with van der Waals surface area (Å²) in [6.07, 6.45) is 4.38. The molecule has 0 N–H and O–H groups in total. The molecule has 0 saturated carbocycles. The SMILES string of the molecule is CC(C)=CCC/C(=C\Br)[C@H](Br)CCl. The zero-order valence-corrected chi connectivity index (χ0v) is 11.9. The van der Waals surface area contributed by atoms with Gasteiger partial charge in [0.1, 0.15) is 0 Å². The molecule has 0 nitrogen and oxygen atoms in total. The molecule has 76 valence electrons. The fourth-order valence-electron chi connectivity index (χ4n) is 0.906. The van der Waals surface area contributed by atoms with Crippen LogP contribution in [0.4, 0.5) is 0 Å². The molecular formula is C10H15Br2Cl. The van der Waals surface area contributed by atoms with Crippen LogP contribution >= 0.6 is 43.5 Å². The van der Waals surface area contributed by atoms with Gasteiger partial charge in [0.15, 0.2) is 0 Å². The minimum Gasteiger partial charge on any atom is -0.125 e. The van der Waals surface area contributed by atoms with Gasteiger partial charge in [-0.05, 0) is 37.2 Å². The molecule has 3 heteroatoms. The Balaban J connectivity index is 3.95. The molecule has 0 aromatic carbocycles. The summed E-state index contributed by atoms with van der Waals surface area (Å²) in [6.45, 7) is 4.23. The second kappa shape index (κ2) is 8.07. The Labute approximate surface area is 103 Å². The zero-order chi connectivity index (χ0) is 10.3. The van der Waals surface area contributed by atoms with E-state index in [0.29, 0.717) is 10.7 Å². The van der Waals surface area contributed by atoms with Crippen molar-refractivity contribution in [3.8, 4) is 0 Å². The van der Waals surface area contributed by atoms with Crippen LogP contribution in [0.25, 0.3) is 0 Å². The van der Waals surface area contributed by atoms with Crippen LogP contribution in [-0.2, 0) is 0 Å². The summed E-state index contributed by atoms with van der Waals surface area (Å²) >= 11 is 12.6. The van der Waals surface area contributed by atoms with E-state index in [4.69, 9.17) is 11.6 Å². The monoisotopic (exact) mass is 328 g/mol.